The van der Waals surface area contributed by atoms with Crippen molar-refractivity contribution < 1.29 is 14.7 Å². The summed E-state index contributed by atoms with van der Waals surface area (Å²) in [5.74, 6) is -0.143. The van der Waals surface area contributed by atoms with E-state index in [9.17, 15) is 4.79 Å². The Morgan fingerprint density at radius 1 is 1.35 bits per heavy atom. The van der Waals surface area contributed by atoms with Gasteiger partial charge in [0.15, 0.2) is 0 Å². The fourth-order valence-electron chi connectivity index (χ4n) is 2.22. The van der Waals surface area contributed by atoms with Gasteiger partial charge in [0.2, 0.25) is 5.91 Å². The quantitative estimate of drug-likeness (QED) is 0.656. The van der Waals surface area contributed by atoms with Crippen LogP contribution in [0.15, 0.2) is 29.4 Å². The van der Waals surface area contributed by atoms with Gasteiger partial charge in [0.1, 0.15) is 6.61 Å². The molecule has 1 aliphatic rings. The molecule has 2 rings (SSSR count). The molecular formula is C15H20N2O3. The Bertz CT molecular complexity index is 472. The van der Waals surface area contributed by atoms with Crippen LogP contribution in [0.25, 0.3) is 0 Å². The SMILES string of the molecule is Cc1ccc(NC(=O)COC2CCC(=NO)CC2)cc1. The summed E-state index contributed by atoms with van der Waals surface area (Å²) in [7, 11) is 0. The van der Waals surface area contributed by atoms with Crippen LogP contribution < -0.4 is 5.32 Å². The molecule has 108 valence electrons. The second-order valence-electron chi connectivity index (χ2n) is 5.09. The average molecular weight is 276 g/mol. The van der Waals surface area contributed by atoms with Crippen LogP contribution in [0.1, 0.15) is 31.2 Å². The molecule has 1 amide bonds. The minimum absolute atomic E-state index is 0.0597. The van der Waals surface area contributed by atoms with Crippen LogP contribution in [-0.2, 0) is 9.53 Å². The van der Waals surface area contributed by atoms with Crippen molar-refractivity contribution in [3.8, 4) is 0 Å². The first-order chi connectivity index (χ1) is 9.67. The molecule has 5 heteroatoms. The zero-order valence-corrected chi connectivity index (χ0v) is 11.6. The first-order valence-electron chi connectivity index (χ1n) is 6.85. The molecule has 0 saturated heterocycles. The number of anilines is 1. The van der Waals surface area contributed by atoms with Crippen LogP contribution in [0.5, 0.6) is 0 Å². The molecule has 0 heterocycles. The maximum Gasteiger partial charge on any atom is 0.250 e. The van der Waals surface area contributed by atoms with E-state index in [0.717, 1.165) is 42.6 Å². The average Bonchev–Trinajstić information content (AvgIpc) is 2.48. The summed E-state index contributed by atoms with van der Waals surface area (Å²) in [6.45, 7) is 2.06. The summed E-state index contributed by atoms with van der Waals surface area (Å²) in [5.41, 5.74) is 2.75. The van der Waals surface area contributed by atoms with Crippen LogP contribution in [0, 0.1) is 6.92 Å². The molecule has 0 aromatic heterocycles. The number of oxime groups is 1. The second kappa shape index (κ2) is 7.05. The van der Waals surface area contributed by atoms with Crippen molar-refractivity contribution in [2.45, 2.75) is 38.7 Å². The molecule has 0 aliphatic heterocycles. The number of rotatable bonds is 4. The molecule has 2 N–H and O–H groups in total. The lowest BCUT2D eigenvalue weighted by molar-refractivity contribution is -0.122. The maximum atomic E-state index is 11.8. The highest BCUT2D eigenvalue weighted by Gasteiger charge is 2.19. The van der Waals surface area contributed by atoms with E-state index in [4.69, 9.17) is 9.94 Å². The number of benzene rings is 1. The normalized spacial score (nSPS) is 18.6. The fourth-order valence-corrected chi connectivity index (χ4v) is 2.22. The lowest BCUT2D eigenvalue weighted by atomic mass is 9.96. The summed E-state index contributed by atoms with van der Waals surface area (Å²) in [6.07, 6.45) is 3.15. The molecule has 0 unspecified atom stereocenters. The number of carbonyl (C=O) groups is 1. The van der Waals surface area contributed by atoms with Gasteiger partial charge in [-0.05, 0) is 44.7 Å². The zero-order chi connectivity index (χ0) is 14.4. The molecule has 0 radical (unpaired) electrons. The molecule has 20 heavy (non-hydrogen) atoms. The summed E-state index contributed by atoms with van der Waals surface area (Å²) in [6, 6.07) is 7.65. The number of hydrogen-bond donors (Lipinski definition) is 2. The Morgan fingerprint density at radius 3 is 2.60 bits per heavy atom. The Morgan fingerprint density at radius 2 is 2.00 bits per heavy atom. The zero-order valence-electron chi connectivity index (χ0n) is 11.6. The number of carbonyl (C=O) groups excluding carboxylic acids is 1. The first kappa shape index (κ1) is 14.5. The molecule has 5 nitrogen and oxygen atoms in total. The molecule has 0 atom stereocenters. The van der Waals surface area contributed by atoms with Gasteiger partial charge in [0.05, 0.1) is 11.8 Å². The number of aryl methyl sites for hydroxylation is 1. The van der Waals surface area contributed by atoms with Crippen molar-refractivity contribution in [3.05, 3.63) is 29.8 Å². The standard InChI is InChI=1S/C15H20N2O3/c1-11-2-4-12(5-3-11)16-15(18)10-20-14-8-6-13(17-19)7-9-14/h2-5,14,19H,6-10H2,1H3,(H,16,18). The van der Waals surface area contributed by atoms with Gasteiger partial charge >= 0.3 is 0 Å². The highest BCUT2D eigenvalue weighted by molar-refractivity contribution is 5.91. The Balaban J connectivity index is 1.71. The first-order valence-corrected chi connectivity index (χ1v) is 6.85. The van der Waals surface area contributed by atoms with Crippen LogP contribution in [-0.4, -0.2) is 29.5 Å². The monoisotopic (exact) mass is 276 g/mol. The number of nitrogens with zero attached hydrogens (tertiary/aromatic N) is 1. The largest absolute Gasteiger partial charge is 0.411 e. The van der Waals surface area contributed by atoms with Crippen LogP contribution in [0.3, 0.4) is 0 Å². The Labute approximate surface area is 118 Å². The predicted molar refractivity (Wildman–Crippen MR) is 77.2 cm³/mol. The van der Waals surface area contributed by atoms with Crippen LogP contribution >= 0.6 is 0 Å². The van der Waals surface area contributed by atoms with E-state index in [-0.39, 0.29) is 18.6 Å². The maximum absolute atomic E-state index is 11.8. The van der Waals surface area contributed by atoms with Crippen molar-refractivity contribution in [1.29, 1.82) is 0 Å². The van der Waals surface area contributed by atoms with Crippen molar-refractivity contribution in [2.24, 2.45) is 5.16 Å². The fraction of sp³-hybridized carbons (Fsp3) is 0.467. The van der Waals surface area contributed by atoms with E-state index in [1.165, 1.54) is 0 Å². The van der Waals surface area contributed by atoms with E-state index in [0.29, 0.717) is 0 Å². The summed E-state index contributed by atoms with van der Waals surface area (Å²) >= 11 is 0. The van der Waals surface area contributed by atoms with Crippen molar-refractivity contribution in [2.75, 3.05) is 11.9 Å². The van der Waals surface area contributed by atoms with Gasteiger partial charge in [-0.2, -0.15) is 0 Å². The smallest absolute Gasteiger partial charge is 0.250 e. The molecule has 0 spiro atoms. The van der Waals surface area contributed by atoms with E-state index in [2.05, 4.69) is 10.5 Å². The highest BCUT2D eigenvalue weighted by Crippen LogP contribution is 2.19. The molecule has 1 aromatic carbocycles. The van der Waals surface area contributed by atoms with E-state index >= 15 is 0 Å². The Hall–Kier alpha value is -1.88. The van der Waals surface area contributed by atoms with Crippen molar-refractivity contribution in [3.63, 3.8) is 0 Å². The lowest BCUT2D eigenvalue weighted by Crippen LogP contribution is -2.26. The van der Waals surface area contributed by atoms with Gasteiger partial charge in [0, 0.05) is 5.69 Å². The Kier molecular flexibility index (Phi) is 5.12. The summed E-state index contributed by atoms with van der Waals surface area (Å²) in [4.78, 5) is 11.8. The van der Waals surface area contributed by atoms with Crippen molar-refractivity contribution in [1.82, 2.24) is 0 Å². The lowest BCUT2D eigenvalue weighted by Gasteiger charge is -2.22. The van der Waals surface area contributed by atoms with Gasteiger partial charge in [-0.25, -0.2) is 0 Å². The summed E-state index contributed by atoms with van der Waals surface area (Å²) < 4.78 is 5.58. The molecule has 1 aromatic rings. The third-order valence-electron chi connectivity index (χ3n) is 3.44. The van der Waals surface area contributed by atoms with Gasteiger partial charge < -0.3 is 15.3 Å². The van der Waals surface area contributed by atoms with E-state index in [1.807, 2.05) is 31.2 Å². The van der Waals surface area contributed by atoms with Gasteiger partial charge in [-0.1, -0.05) is 22.9 Å². The second-order valence-corrected chi connectivity index (χ2v) is 5.09. The molecule has 1 fully saturated rings. The van der Waals surface area contributed by atoms with Gasteiger partial charge in [-0.15, -0.1) is 0 Å². The number of nitrogens with one attached hydrogen (secondary N) is 1. The number of ether oxygens (including phenoxy) is 1. The third-order valence-corrected chi connectivity index (χ3v) is 3.44. The third kappa shape index (κ3) is 4.35. The minimum Gasteiger partial charge on any atom is -0.411 e. The number of amides is 1. The topological polar surface area (TPSA) is 70.9 Å². The molecule has 1 saturated carbocycles. The minimum atomic E-state index is -0.143. The highest BCUT2D eigenvalue weighted by atomic mass is 16.5. The van der Waals surface area contributed by atoms with E-state index in [1.54, 1.807) is 0 Å². The van der Waals surface area contributed by atoms with Gasteiger partial charge in [0.25, 0.3) is 0 Å². The molecule has 1 aliphatic carbocycles. The summed E-state index contributed by atoms with van der Waals surface area (Å²) in [5, 5.41) is 14.7. The number of hydrogen-bond acceptors (Lipinski definition) is 4. The van der Waals surface area contributed by atoms with Gasteiger partial charge in [-0.3, -0.25) is 4.79 Å². The molecule has 0 bridgehead atoms. The predicted octanol–water partition coefficient (Wildman–Crippen LogP) is 2.72. The van der Waals surface area contributed by atoms with E-state index < -0.39 is 0 Å². The van der Waals surface area contributed by atoms with Crippen LogP contribution in [0.2, 0.25) is 0 Å². The van der Waals surface area contributed by atoms with Crippen LogP contribution in [0.4, 0.5) is 5.69 Å². The molecular weight excluding hydrogens is 256 g/mol. The van der Waals surface area contributed by atoms with Crippen molar-refractivity contribution >= 4 is 17.3 Å².